The normalized spacial score (nSPS) is 12.3. The Morgan fingerprint density at radius 1 is 1.13 bits per heavy atom. The predicted molar refractivity (Wildman–Crippen MR) is 61.3 cm³/mol. The van der Waals surface area contributed by atoms with Crippen LogP contribution in [0, 0.1) is 0 Å². The molecule has 0 bridgehead atoms. The van der Waals surface area contributed by atoms with Gasteiger partial charge in [0.1, 0.15) is 0 Å². The molecule has 0 aliphatic rings. The zero-order valence-electron chi connectivity index (χ0n) is 10.1. The monoisotopic (exact) mass is 234 g/mol. The van der Waals surface area contributed by atoms with Crippen LogP contribution in [0.25, 0.3) is 0 Å². The van der Waals surface area contributed by atoms with Gasteiger partial charge in [-0.15, -0.1) is 0 Å². The van der Waals surface area contributed by atoms with E-state index in [1.54, 1.807) is 20.5 Å². The van der Waals surface area contributed by atoms with Crippen molar-refractivity contribution in [3.05, 3.63) is 12.3 Å². The standard InChI is InChI=1S/C10H22O4Si/c1-5-7-8-13-10-14-15(11-3,12-4)9-6-2/h7-8H,5-6,9-10H2,1-4H3. The summed E-state index contributed by atoms with van der Waals surface area (Å²) < 4.78 is 21.3. The topological polar surface area (TPSA) is 36.9 Å². The van der Waals surface area contributed by atoms with Crippen molar-refractivity contribution in [3.63, 3.8) is 0 Å². The molecule has 0 rings (SSSR count). The van der Waals surface area contributed by atoms with E-state index in [0.29, 0.717) is 0 Å². The molecule has 0 aromatic rings. The molecule has 0 aliphatic carbocycles. The fourth-order valence-corrected chi connectivity index (χ4v) is 2.93. The first kappa shape index (κ1) is 14.6. The number of hydrogen-bond donors (Lipinski definition) is 0. The Morgan fingerprint density at radius 3 is 2.27 bits per heavy atom. The van der Waals surface area contributed by atoms with Crippen LogP contribution in [-0.4, -0.2) is 29.8 Å². The number of allylic oxidation sites excluding steroid dienone is 1. The van der Waals surface area contributed by atoms with Gasteiger partial charge in [0.05, 0.1) is 6.26 Å². The first-order valence-corrected chi connectivity index (χ1v) is 7.18. The molecule has 5 heteroatoms. The summed E-state index contributed by atoms with van der Waals surface area (Å²) in [5, 5.41) is 0. The summed E-state index contributed by atoms with van der Waals surface area (Å²) in [4.78, 5) is 0. The van der Waals surface area contributed by atoms with Crippen LogP contribution in [-0.2, 0) is 18.0 Å². The maximum absolute atomic E-state index is 5.54. The summed E-state index contributed by atoms with van der Waals surface area (Å²) in [6, 6.07) is 0.806. The number of ether oxygens (including phenoxy) is 1. The van der Waals surface area contributed by atoms with Gasteiger partial charge >= 0.3 is 8.80 Å². The van der Waals surface area contributed by atoms with Gasteiger partial charge in [-0.2, -0.15) is 0 Å². The summed E-state index contributed by atoms with van der Waals surface area (Å²) >= 11 is 0. The molecule has 0 N–H and O–H groups in total. The fraction of sp³-hybridized carbons (Fsp3) is 0.800. The van der Waals surface area contributed by atoms with Crippen molar-refractivity contribution in [2.45, 2.75) is 32.7 Å². The molecule has 0 aromatic carbocycles. The van der Waals surface area contributed by atoms with Crippen molar-refractivity contribution in [1.82, 2.24) is 0 Å². The maximum Gasteiger partial charge on any atom is 0.502 e. The molecule has 0 aromatic heterocycles. The van der Waals surface area contributed by atoms with Crippen LogP contribution in [0.3, 0.4) is 0 Å². The molecule has 15 heavy (non-hydrogen) atoms. The van der Waals surface area contributed by atoms with Crippen molar-refractivity contribution >= 4 is 8.80 Å². The summed E-state index contributed by atoms with van der Waals surface area (Å²) in [5.74, 6) is 0. The fourth-order valence-electron chi connectivity index (χ4n) is 1.11. The molecule has 0 aliphatic heterocycles. The lowest BCUT2D eigenvalue weighted by Crippen LogP contribution is -2.44. The Balaban J connectivity index is 3.89. The minimum Gasteiger partial charge on any atom is -0.476 e. The van der Waals surface area contributed by atoms with Gasteiger partial charge in [0.25, 0.3) is 0 Å². The van der Waals surface area contributed by atoms with Crippen molar-refractivity contribution < 1.29 is 18.0 Å². The van der Waals surface area contributed by atoms with Gasteiger partial charge in [-0.1, -0.05) is 20.3 Å². The second kappa shape index (κ2) is 8.91. The molecule has 0 spiro atoms. The molecular formula is C10H22O4Si. The Hall–Kier alpha value is -0.363. The Kier molecular flexibility index (Phi) is 8.69. The van der Waals surface area contributed by atoms with E-state index in [9.17, 15) is 0 Å². The first-order chi connectivity index (χ1) is 7.24. The highest BCUT2D eigenvalue weighted by atomic mass is 28.4. The third-order valence-corrected chi connectivity index (χ3v) is 4.87. The van der Waals surface area contributed by atoms with E-state index in [-0.39, 0.29) is 6.79 Å². The average molecular weight is 234 g/mol. The molecule has 0 fully saturated rings. The molecule has 0 saturated heterocycles. The average Bonchev–Trinajstić information content (AvgIpc) is 2.27. The van der Waals surface area contributed by atoms with E-state index in [1.807, 2.05) is 13.0 Å². The van der Waals surface area contributed by atoms with Crippen LogP contribution >= 0.6 is 0 Å². The van der Waals surface area contributed by atoms with Crippen molar-refractivity contribution in [1.29, 1.82) is 0 Å². The highest BCUT2D eigenvalue weighted by molar-refractivity contribution is 6.60. The lowest BCUT2D eigenvalue weighted by Gasteiger charge is -2.25. The van der Waals surface area contributed by atoms with Crippen LogP contribution in [0.1, 0.15) is 26.7 Å². The van der Waals surface area contributed by atoms with Crippen LogP contribution in [0.4, 0.5) is 0 Å². The molecule has 0 saturated carbocycles. The van der Waals surface area contributed by atoms with Crippen molar-refractivity contribution in [2.24, 2.45) is 0 Å². The van der Waals surface area contributed by atoms with Crippen LogP contribution in [0.5, 0.6) is 0 Å². The van der Waals surface area contributed by atoms with E-state index in [0.717, 1.165) is 18.9 Å². The van der Waals surface area contributed by atoms with Crippen LogP contribution in [0.15, 0.2) is 12.3 Å². The van der Waals surface area contributed by atoms with Gasteiger partial charge < -0.3 is 18.0 Å². The minimum absolute atomic E-state index is 0.185. The Bertz CT molecular complexity index is 169. The third-order valence-electron chi connectivity index (χ3n) is 1.95. The molecule has 0 unspecified atom stereocenters. The highest BCUT2D eigenvalue weighted by Gasteiger charge is 2.37. The Morgan fingerprint density at radius 2 is 1.80 bits per heavy atom. The molecule has 90 valence electrons. The van der Waals surface area contributed by atoms with E-state index in [1.165, 1.54) is 0 Å². The van der Waals surface area contributed by atoms with Gasteiger partial charge in [0.15, 0.2) is 6.79 Å². The lowest BCUT2D eigenvalue weighted by molar-refractivity contribution is 0.00602. The SMILES string of the molecule is CCC=COCO[Si](CCC)(OC)OC. The van der Waals surface area contributed by atoms with Gasteiger partial charge in [-0.3, -0.25) is 0 Å². The van der Waals surface area contributed by atoms with Gasteiger partial charge in [0.2, 0.25) is 0 Å². The van der Waals surface area contributed by atoms with Crippen molar-refractivity contribution in [3.8, 4) is 0 Å². The first-order valence-electron chi connectivity index (χ1n) is 5.25. The maximum atomic E-state index is 5.54. The number of hydrogen-bond acceptors (Lipinski definition) is 4. The second-order valence-corrected chi connectivity index (χ2v) is 6.02. The van der Waals surface area contributed by atoms with E-state index in [4.69, 9.17) is 18.0 Å². The van der Waals surface area contributed by atoms with Crippen molar-refractivity contribution in [2.75, 3.05) is 21.0 Å². The summed E-state index contributed by atoms with van der Waals surface area (Å²) in [5.41, 5.74) is 0. The quantitative estimate of drug-likeness (QED) is 0.266. The molecule has 4 nitrogen and oxygen atoms in total. The summed E-state index contributed by atoms with van der Waals surface area (Å²) in [7, 11) is 0.774. The molecular weight excluding hydrogens is 212 g/mol. The number of rotatable bonds is 9. The Labute approximate surface area is 93.5 Å². The van der Waals surface area contributed by atoms with E-state index >= 15 is 0 Å². The predicted octanol–water partition coefficient (Wildman–Crippen LogP) is 2.54. The van der Waals surface area contributed by atoms with Crippen LogP contribution < -0.4 is 0 Å². The molecule has 0 atom stereocenters. The van der Waals surface area contributed by atoms with E-state index < -0.39 is 8.80 Å². The molecule has 0 radical (unpaired) electrons. The summed E-state index contributed by atoms with van der Waals surface area (Å²) in [6.45, 7) is 4.30. The van der Waals surface area contributed by atoms with Gasteiger partial charge in [-0.05, 0) is 12.5 Å². The highest BCUT2D eigenvalue weighted by Crippen LogP contribution is 2.15. The molecule has 0 amide bonds. The van der Waals surface area contributed by atoms with Crippen LogP contribution in [0.2, 0.25) is 6.04 Å². The zero-order valence-corrected chi connectivity index (χ0v) is 11.1. The molecule has 0 heterocycles. The zero-order chi connectivity index (χ0) is 11.6. The largest absolute Gasteiger partial charge is 0.502 e. The minimum atomic E-state index is -2.46. The lowest BCUT2D eigenvalue weighted by atomic mass is 10.5. The summed E-state index contributed by atoms with van der Waals surface area (Å²) in [6.07, 6.45) is 5.48. The van der Waals surface area contributed by atoms with Gasteiger partial charge in [-0.25, -0.2) is 0 Å². The smallest absolute Gasteiger partial charge is 0.476 e. The second-order valence-electron chi connectivity index (χ2n) is 3.05. The third kappa shape index (κ3) is 5.94. The van der Waals surface area contributed by atoms with Gasteiger partial charge in [0, 0.05) is 20.3 Å². The van der Waals surface area contributed by atoms with E-state index in [2.05, 4.69) is 6.92 Å².